The third kappa shape index (κ3) is 6.77. The number of carbonyl (C=O) groups is 2. The summed E-state index contributed by atoms with van der Waals surface area (Å²) in [5.41, 5.74) is 5.05. The van der Waals surface area contributed by atoms with Crippen molar-refractivity contribution in [2.45, 2.75) is 12.5 Å². The fourth-order valence-corrected chi connectivity index (χ4v) is 5.07. The zero-order valence-corrected chi connectivity index (χ0v) is 23.1. The number of nitriles is 1. The Balaban J connectivity index is 1.44. The molecule has 1 fully saturated rings. The van der Waals surface area contributed by atoms with E-state index in [4.69, 9.17) is 10.00 Å². The lowest BCUT2D eigenvalue weighted by molar-refractivity contribution is -0.122. The number of phenolic OH excluding ortho intramolecular Hbond substituents is 1. The summed E-state index contributed by atoms with van der Waals surface area (Å²) >= 11 is 0. The molecular weight excluding hydrogens is 528 g/mol. The summed E-state index contributed by atoms with van der Waals surface area (Å²) < 4.78 is 5.42. The highest BCUT2D eigenvalue weighted by Gasteiger charge is 2.24. The minimum absolute atomic E-state index is 0.131. The minimum Gasteiger partial charge on any atom is -0.507 e. The van der Waals surface area contributed by atoms with E-state index in [0.717, 1.165) is 35.5 Å². The predicted octanol–water partition coefficient (Wildman–Crippen LogP) is 4.54. The Morgan fingerprint density at radius 3 is 2.00 bits per heavy atom. The number of carbonyl (C=O) groups excluding carboxylic acids is 2. The van der Waals surface area contributed by atoms with Gasteiger partial charge < -0.3 is 25.4 Å². The summed E-state index contributed by atoms with van der Waals surface area (Å²) in [5.74, 6) is -0.734. The summed E-state index contributed by atoms with van der Waals surface area (Å²) in [7, 11) is 0. The summed E-state index contributed by atoms with van der Waals surface area (Å²) in [6.45, 7) is 2.72. The predicted molar refractivity (Wildman–Crippen MR) is 162 cm³/mol. The van der Waals surface area contributed by atoms with Crippen LogP contribution in [0.15, 0.2) is 97.1 Å². The van der Waals surface area contributed by atoms with Crippen molar-refractivity contribution in [2.75, 3.05) is 37.7 Å². The summed E-state index contributed by atoms with van der Waals surface area (Å²) in [6.07, 6.45) is 0.148. The topological polar surface area (TPSA) is 115 Å². The fourth-order valence-electron chi connectivity index (χ4n) is 5.07. The maximum atomic E-state index is 13.3. The lowest BCUT2D eigenvalue weighted by Gasteiger charge is -2.28. The molecule has 8 nitrogen and oxygen atoms in total. The van der Waals surface area contributed by atoms with Gasteiger partial charge in [0, 0.05) is 41.9 Å². The zero-order valence-electron chi connectivity index (χ0n) is 23.1. The van der Waals surface area contributed by atoms with E-state index in [2.05, 4.69) is 15.5 Å². The molecule has 1 unspecified atom stereocenters. The molecule has 3 N–H and O–H groups in total. The number of phenols is 1. The quantitative estimate of drug-likeness (QED) is 0.259. The smallest absolute Gasteiger partial charge is 0.251 e. The second-order valence-electron chi connectivity index (χ2n) is 10.0. The molecule has 1 atom stereocenters. The Hall–Kier alpha value is -5.13. The van der Waals surface area contributed by atoms with Crippen molar-refractivity contribution in [1.82, 2.24) is 10.6 Å². The molecule has 1 aliphatic rings. The molecule has 0 saturated carbocycles. The molecule has 2 amide bonds. The highest BCUT2D eigenvalue weighted by molar-refractivity contribution is 5.98. The number of hydrogen-bond donors (Lipinski definition) is 3. The van der Waals surface area contributed by atoms with Gasteiger partial charge in [0.1, 0.15) is 18.3 Å². The van der Waals surface area contributed by atoms with E-state index in [9.17, 15) is 14.7 Å². The first-order valence-electron chi connectivity index (χ1n) is 13.9. The molecule has 1 heterocycles. The van der Waals surface area contributed by atoms with Gasteiger partial charge >= 0.3 is 0 Å². The van der Waals surface area contributed by atoms with Gasteiger partial charge in [-0.05, 0) is 53.1 Å². The Morgan fingerprint density at radius 2 is 1.45 bits per heavy atom. The van der Waals surface area contributed by atoms with Gasteiger partial charge in [0.05, 0.1) is 19.3 Å². The number of anilines is 1. The van der Waals surface area contributed by atoms with Crippen molar-refractivity contribution in [1.29, 1.82) is 5.26 Å². The maximum absolute atomic E-state index is 13.3. The first kappa shape index (κ1) is 28.4. The molecule has 1 saturated heterocycles. The van der Waals surface area contributed by atoms with Crippen LogP contribution in [0.1, 0.15) is 15.9 Å². The van der Waals surface area contributed by atoms with Crippen molar-refractivity contribution in [2.24, 2.45) is 0 Å². The molecule has 0 aliphatic carbocycles. The molecule has 8 heteroatoms. The van der Waals surface area contributed by atoms with Gasteiger partial charge in [-0.2, -0.15) is 5.26 Å². The first-order chi connectivity index (χ1) is 20.5. The normalized spacial score (nSPS) is 13.5. The maximum Gasteiger partial charge on any atom is 0.251 e. The van der Waals surface area contributed by atoms with Gasteiger partial charge in [-0.25, -0.2) is 0 Å². The van der Waals surface area contributed by atoms with Crippen LogP contribution in [0.25, 0.3) is 22.3 Å². The van der Waals surface area contributed by atoms with Gasteiger partial charge in [-0.1, -0.05) is 60.7 Å². The van der Waals surface area contributed by atoms with E-state index >= 15 is 0 Å². The van der Waals surface area contributed by atoms with Crippen LogP contribution in [-0.2, 0) is 16.0 Å². The number of morpholine rings is 1. The highest BCUT2D eigenvalue weighted by atomic mass is 16.5. The third-order valence-corrected chi connectivity index (χ3v) is 7.25. The van der Waals surface area contributed by atoms with E-state index in [1.165, 1.54) is 0 Å². The second-order valence-corrected chi connectivity index (χ2v) is 10.0. The molecule has 42 heavy (non-hydrogen) atoms. The summed E-state index contributed by atoms with van der Waals surface area (Å²) in [6, 6.07) is 30.9. The number of aromatic hydroxyl groups is 1. The van der Waals surface area contributed by atoms with Gasteiger partial charge in [0.25, 0.3) is 5.91 Å². The van der Waals surface area contributed by atoms with Crippen LogP contribution in [0.3, 0.4) is 0 Å². The standard InChI is InChI=1S/C34H32N4O4/c35-15-16-36-34(41)31(37-33(40)27-11-13-28(14-12-27)38-17-19-42-20-18-38)23-24-21-29(25-7-3-1-4-8-25)32(39)30(22-24)26-9-5-2-6-10-26/h1-14,21-22,31,39H,16-20,23H2,(H,36,41)(H,37,40). The van der Waals surface area contributed by atoms with Crippen LogP contribution >= 0.6 is 0 Å². The van der Waals surface area contributed by atoms with Crippen LogP contribution < -0.4 is 15.5 Å². The summed E-state index contributed by atoms with van der Waals surface area (Å²) in [4.78, 5) is 28.7. The largest absolute Gasteiger partial charge is 0.507 e. The molecule has 0 spiro atoms. The first-order valence-corrected chi connectivity index (χ1v) is 13.9. The van der Waals surface area contributed by atoms with E-state index in [1.54, 1.807) is 12.1 Å². The fraction of sp³-hybridized carbons (Fsp3) is 0.206. The number of ether oxygens (including phenoxy) is 1. The Morgan fingerprint density at radius 1 is 0.881 bits per heavy atom. The molecule has 1 aliphatic heterocycles. The van der Waals surface area contributed by atoms with E-state index in [-0.39, 0.29) is 18.7 Å². The van der Waals surface area contributed by atoms with Crippen molar-refractivity contribution < 1.29 is 19.4 Å². The number of rotatable bonds is 9. The highest BCUT2D eigenvalue weighted by Crippen LogP contribution is 2.39. The summed E-state index contributed by atoms with van der Waals surface area (Å²) in [5, 5.41) is 25.8. The van der Waals surface area contributed by atoms with Crippen LogP contribution in [0.2, 0.25) is 0 Å². The SMILES string of the molecule is N#CCNC(=O)C(Cc1cc(-c2ccccc2)c(O)c(-c2ccccc2)c1)NC(=O)c1ccc(N2CCOCC2)cc1. The van der Waals surface area contributed by atoms with Gasteiger partial charge in [0.2, 0.25) is 5.91 Å². The lowest BCUT2D eigenvalue weighted by atomic mass is 9.92. The molecule has 5 rings (SSSR count). The number of benzene rings is 4. The van der Waals surface area contributed by atoms with Gasteiger partial charge in [-0.3, -0.25) is 9.59 Å². The van der Waals surface area contributed by atoms with Crippen LogP contribution in [0.4, 0.5) is 5.69 Å². The number of hydrogen-bond acceptors (Lipinski definition) is 6. The van der Waals surface area contributed by atoms with Crippen molar-refractivity contribution >= 4 is 17.5 Å². The third-order valence-electron chi connectivity index (χ3n) is 7.25. The molecule has 4 aromatic rings. The monoisotopic (exact) mass is 560 g/mol. The number of nitrogens with one attached hydrogen (secondary N) is 2. The average molecular weight is 561 g/mol. The molecule has 212 valence electrons. The molecular formula is C34H32N4O4. The van der Waals surface area contributed by atoms with Gasteiger partial charge in [0.15, 0.2) is 0 Å². The lowest BCUT2D eigenvalue weighted by Crippen LogP contribution is -2.48. The van der Waals surface area contributed by atoms with Crippen molar-refractivity contribution in [3.8, 4) is 34.1 Å². The number of nitrogens with zero attached hydrogens (tertiary/aromatic N) is 2. The van der Waals surface area contributed by atoms with Crippen LogP contribution in [-0.4, -0.2) is 55.8 Å². The minimum atomic E-state index is -0.957. The Bertz CT molecular complexity index is 1500. The average Bonchev–Trinajstić information content (AvgIpc) is 3.05. The van der Waals surface area contributed by atoms with E-state index in [1.807, 2.05) is 91.0 Å². The molecule has 0 radical (unpaired) electrons. The van der Waals surface area contributed by atoms with Gasteiger partial charge in [-0.15, -0.1) is 0 Å². The van der Waals surface area contributed by atoms with Crippen molar-refractivity contribution in [3.05, 3.63) is 108 Å². The zero-order chi connectivity index (χ0) is 29.3. The van der Waals surface area contributed by atoms with Crippen LogP contribution in [0.5, 0.6) is 5.75 Å². The Kier molecular flexibility index (Phi) is 9.12. The second kappa shape index (κ2) is 13.5. The molecule has 4 aromatic carbocycles. The van der Waals surface area contributed by atoms with Crippen molar-refractivity contribution in [3.63, 3.8) is 0 Å². The van der Waals surface area contributed by atoms with Crippen LogP contribution in [0, 0.1) is 11.3 Å². The Labute approximate surface area is 245 Å². The van der Waals surface area contributed by atoms with E-state index in [0.29, 0.717) is 29.9 Å². The number of amides is 2. The van der Waals surface area contributed by atoms with E-state index < -0.39 is 17.9 Å². The molecule has 0 bridgehead atoms. The molecule has 0 aromatic heterocycles.